The maximum absolute atomic E-state index is 12.4. The molecular formula is C22H21N5O3S. The normalized spacial score (nSPS) is 18.3. The first kappa shape index (κ1) is 20.8. The van der Waals surface area contributed by atoms with Crippen molar-refractivity contribution in [1.82, 2.24) is 25.9 Å². The maximum Gasteiger partial charge on any atom is 0.344 e. The predicted molar refractivity (Wildman–Crippen MR) is 118 cm³/mol. The summed E-state index contributed by atoms with van der Waals surface area (Å²) in [7, 11) is 0. The Morgan fingerprint density at radius 1 is 1.06 bits per heavy atom. The van der Waals surface area contributed by atoms with Crippen LogP contribution < -0.4 is 10.7 Å². The van der Waals surface area contributed by atoms with E-state index < -0.39 is 23.4 Å². The van der Waals surface area contributed by atoms with E-state index >= 15 is 0 Å². The number of amides is 4. The second-order valence-electron chi connectivity index (χ2n) is 7.35. The number of hydrogen-bond donors (Lipinski definition) is 2. The Labute approximate surface area is 183 Å². The zero-order chi connectivity index (χ0) is 22.0. The summed E-state index contributed by atoms with van der Waals surface area (Å²) in [4.78, 5) is 36.9. The monoisotopic (exact) mass is 435 g/mol. The predicted octanol–water partition coefficient (Wildman–Crippen LogP) is 3.14. The zero-order valence-corrected chi connectivity index (χ0v) is 17.9. The van der Waals surface area contributed by atoms with E-state index in [0.29, 0.717) is 11.4 Å². The molecule has 4 amide bonds. The first-order chi connectivity index (χ1) is 14.9. The van der Waals surface area contributed by atoms with Gasteiger partial charge in [-0.05, 0) is 13.3 Å². The van der Waals surface area contributed by atoms with E-state index in [2.05, 4.69) is 20.9 Å². The van der Waals surface area contributed by atoms with E-state index in [1.165, 1.54) is 11.8 Å². The van der Waals surface area contributed by atoms with Crippen molar-refractivity contribution in [3.05, 3.63) is 54.6 Å². The third-order valence-electron chi connectivity index (χ3n) is 5.25. The lowest BCUT2D eigenvalue weighted by molar-refractivity contribution is -0.137. The van der Waals surface area contributed by atoms with Crippen molar-refractivity contribution in [2.45, 2.75) is 30.8 Å². The lowest BCUT2D eigenvalue weighted by Crippen LogP contribution is -2.49. The van der Waals surface area contributed by atoms with Crippen LogP contribution in [0.1, 0.15) is 20.3 Å². The summed E-state index contributed by atoms with van der Waals surface area (Å²) in [6.07, 6.45) is 0.425. The fourth-order valence-electron chi connectivity index (χ4n) is 3.31. The van der Waals surface area contributed by atoms with Crippen LogP contribution >= 0.6 is 11.8 Å². The fraction of sp³-hybridized carbons (Fsp3) is 0.227. The summed E-state index contributed by atoms with van der Waals surface area (Å²) >= 11 is 1.20. The van der Waals surface area contributed by atoms with Crippen molar-refractivity contribution in [2.75, 3.05) is 5.75 Å². The first-order valence-electron chi connectivity index (χ1n) is 9.83. The molecular weight excluding hydrogens is 414 g/mol. The average Bonchev–Trinajstić information content (AvgIpc) is 3.01. The quantitative estimate of drug-likeness (QED) is 0.455. The van der Waals surface area contributed by atoms with E-state index in [4.69, 9.17) is 0 Å². The minimum atomic E-state index is -1.01. The van der Waals surface area contributed by atoms with E-state index in [9.17, 15) is 14.4 Å². The summed E-state index contributed by atoms with van der Waals surface area (Å²) in [6.45, 7) is 3.42. The molecule has 1 fully saturated rings. The molecule has 1 unspecified atom stereocenters. The Kier molecular flexibility index (Phi) is 5.60. The highest BCUT2D eigenvalue weighted by atomic mass is 32.2. The molecule has 1 saturated heterocycles. The number of aromatic nitrogens is 2. The van der Waals surface area contributed by atoms with Crippen LogP contribution in [-0.4, -0.2) is 44.3 Å². The van der Waals surface area contributed by atoms with Gasteiger partial charge in [0.1, 0.15) is 16.3 Å². The highest BCUT2D eigenvalue weighted by Crippen LogP contribution is 2.31. The van der Waals surface area contributed by atoms with Crippen molar-refractivity contribution in [1.29, 1.82) is 0 Å². The van der Waals surface area contributed by atoms with Gasteiger partial charge in [-0.3, -0.25) is 15.0 Å². The van der Waals surface area contributed by atoms with Crippen LogP contribution in [-0.2, 0) is 9.59 Å². The smallest absolute Gasteiger partial charge is 0.322 e. The zero-order valence-electron chi connectivity index (χ0n) is 17.1. The Balaban J connectivity index is 1.51. The topological polar surface area (TPSA) is 104 Å². The number of benzene rings is 2. The molecule has 0 saturated carbocycles. The van der Waals surface area contributed by atoms with Crippen LogP contribution in [0, 0.1) is 0 Å². The van der Waals surface area contributed by atoms with Crippen LogP contribution in [0.25, 0.3) is 22.0 Å². The van der Waals surface area contributed by atoms with Gasteiger partial charge in [0, 0.05) is 16.3 Å². The van der Waals surface area contributed by atoms with Crippen LogP contribution in [0.15, 0.2) is 59.6 Å². The molecule has 2 heterocycles. The van der Waals surface area contributed by atoms with Gasteiger partial charge in [0.05, 0.1) is 5.75 Å². The SMILES string of the molecule is CCC1(C)NC(=O)N(NC(=O)CSc2nnc(-c3ccccc3)c3ccccc23)C1=O. The molecule has 0 radical (unpaired) electrons. The Bertz CT molecular complexity index is 1170. The lowest BCUT2D eigenvalue weighted by atomic mass is 10.00. The summed E-state index contributed by atoms with van der Waals surface area (Å²) in [6, 6.07) is 16.9. The second-order valence-corrected chi connectivity index (χ2v) is 8.31. The standard InChI is InChI=1S/C22H21N5O3S/c1-3-22(2)20(29)27(21(30)23-22)26-17(28)13-31-19-16-12-8-7-11-15(16)18(24-25-19)14-9-5-4-6-10-14/h4-12H,3,13H2,1-2H3,(H,23,30)(H,26,28). The Morgan fingerprint density at radius 3 is 2.42 bits per heavy atom. The van der Waals surface area contributed by atoms with Crippen molar-refractivity contribution < 1.29 is 14.4 Å². The van der Waals surface area contributed by atoms with E-state index in [1.807, 2.05) is 54.6 Å². The average molecular weight is 436 g/mol. The lowest BCUT2D eigenvalue weighted by Gasteiger charge is -2.19. The van der Waals surface area contributed by atoms with Gasteiger partial charge in [-0.1, -0.05) is 73.3 Å². The molecule has 31 heavy (non-hydrogen) atoms. The number of hydrazine groups is 1. The molecule has 1 atom stereocenters. The number of nitrogens with one attached hydrogen (secondary N) is 2. The van der Waals surface area contributed by atoms with Gasteiger partial charge in [0.2, 0.25) is 5.91 Å². The summed E-state index contributed by atoms with van der Waals surface area (Å²) in [5.41, 5.74) is 3.10. The highest BCUT2D eigenvalue weighted by molar-refractivity contribution is 8.00. The molecule has 0 bridgehead atoms. The molecule has 8 nitrogen and oxygen atoms in total. The molecule has 3 aromatic rings. The number of fused-ring (bicyclic) bond motifs is 1. The molecule has 9 heteroatoms. The number of imide groups is 1. The Morgan fingerprint density at radius 2 is 1.74 bits per heavy atom. The molecule has 0 aliphatic carbocycles. The number of rotatable bonds is 6. The van der Waals surface area contributed by atoms with Crippen LogP contribution in [0.4, 0.5) is 4.79 Å². The molecule has 1 aliphatic rings. The maximum atomic E-state index is 12.4. The van der Waals surface area contributed by atoms with E-state index in [1.54, 1.807) is 13.8 Å². The number of hydrogen-bond acceptors (Lipinski definition) is 6. The van der Waals surface area contributed by atoms with Gasteiger partial charge in [0.15, 0.2) is 0 Å². The molecule has 2 N–H and O–H groups in total. The van der Waals surface area contributed by atoms with Crippen LogP contribution in [0.2, 0.25) is 0 Å². The van der Waals surface area contributed by atoms with Gasteiger partial charge in [-0.25, -0.2) is 4.79 Å². The number of nitrogens with zero attached hydrogens (tertiary/aromatic N) is 3. The van der Waals surface area contributed by atoms with Gasteiger partial charge in [-0.2, -0.15) is 5.01 Å². The van der Waals surface area contributed by atoms with Crippen molar-refractivity contribution in [2.24, 2.45) is 0 Å². The second kappa shape index (κ2) is 8.35. The highest BCUT2D eigenvalue weighted by Gasteiger charge is 2.47. The molecule has 4 rings (SSSR count). The van der Waals surface area contributed by atoms with Crippen LogP contribution in [0.3, 0.4) is 0 Å². The first-order valence-corrected chi connectivity index (χ1v) is 10.8. The third-order valence-corrected chi connectivity index (χ3v) is 6.23. The summed E-state index contributed by atoms with van der Waals surface area (Å²) < 4.78 is 0. The number of carbonyl (C=O) groups excluding carboxylic acids is 3. The molecule has 1 aliphatic heterocycles. The molecule has 1 aromatic heterocycles. The van der Waals surface area contributed by atoms with Gasteiger partial charge in [0.25, 0.3) is 5.91 Å². The third kappa shape index (κ3) is 3.96. The van der Waals surface area contributed by atoms with Crippen molar-refractivity contribution in [3.63, 3.8) is 0 Å². The van der Waals surface area contributed by atoms with Gasteiger partial charge < -0.3 is 5.32 Å². The fourth-order valence-corrected chi connectivity index (χ4v) is 4.08. The molecule has 158 valence electrons. The Hall–Kier alpha value is -3.46. The van der Waals surface area contributed by atoms with Crippen molar-refractivity contribution in [3.8, 4) is 11.3 Å². The molecule has 0 spiro atoms. The van der Waals surface area contributed by atoms with Crippen molar-refractivity contribution >= 4 is 40.4 Å². The summed E-state index contributed by atoms with van der Waals surface area (Å²) in [5, 5.41) is 14.5. The van der Waals surface area contributed by atoms with Gasteiger partial charge >= 0.3 is 6.03 Å². The minimum absolute atomic E-state index is 0.0245. The van der Waals surface area contributed by atoms with E-state index in [-0.39, 0.29) is 5.75 Å². The molecule has 2 aromatic carbocycles. The number of carbonyl (C=O) groups is 3. The number of urea groups is 1. The largest absolute Gasteiger partial charge is 0.344 e. The number of thioether (sulfide) groups is 1. The van der Waals surface area contributed by atoms with Gasteiger partial charge in [-0.15, -0.1) is 10.2 Å². The van der Waals surface area contributed by atoms with E-state index in [0.717, 1.165) is 27.0 Å². The minimum Gasteiger partial charge on any atom is -0.322 e. The summed E-state index contributed by atoms with van der Waals surface area (Å²) in [5.74, 6) is -0.980. The van der Waals surface area contributed by atoms with Crippen LogP contribution in [0.5, 0.6) is 0 Å².